The molecule has 4 rings (SSSR count). The zero-order valence-corrected chi connectivity index (χ0v) is 24.6. The number of carbonyl (C=O) groups is 1. The molecule has 0 aliphatic rings. The second-order valence-electron chi connectivity index (χ2n) is 10.7. The molecule has 41 heavy (non-hydrogen) atoms. The van der Waals surface area contributed by atoms with Gasteiger partial charge in [-0.05, 0) is 68.1 Å². The Balaban J connectivity index is 1.92. The number of aromatic nitrogens is 2. The van der Waals surface area contributed by atoms with E-state index in [1.165, 1.54) is 0 Å². The molecule has 0 radical (unpaired) electrons. The Hall–Kier alpha value is -4.23. The predicted molar refractivity (Wildman–Crippen MR) is 164 cm³/mol. The standard InChI is InChI=1S/C34H40N4O3/c1-23(2)31(37(21-9-20-35)33(39)28-14-12-24(3)13-15-28)32-36-25(4)30(27-16-18-29(41-5)19-17-27)34(40)38(32)22-26-10-7-6-8-11-26/h6-8,10-19,23,31H,9,20-22,35H2,1-5H3. The summed E-state index contributed by atoms with van der Waals surface area (Å²) in [5, 5.41) is 0. The molecule has 0 saturated carbocycles. The molecule has 0 aliphatic heterocycles. The van der Waals surface area contributed by atoms with Gasteiger partial charge in [0.05, 0.1) is 31.0 Å². The Morgan fingerprint density at radius 2 is 1.63 bits per heavy atom. The van der Waals surface area contributed by atoms with E-state index in [0.29, 0.717) is 54.4 Å². The first kappa shape index (κ1) is 29.7. The minimum absolute atomic E-state index is 0.0256. The summed E-state index contributed by atoms with van der Waals surface area (Å²) in [5.74, 6) is 1.16. The molecule has 7 nitrogen and oxygen atoms in total. The second kappa shape index (κ2) is 13.4. The fourth-order valence-electron chi connectivity index (χ4n) is 5.20. The first-order valence-electron chi connectivity index (χ1n) is 14.1. The van der Waals surface area contributed by atoms with Crippen LogP contribution in [0.4, 0.5) is 0 Å². The van der Waals surface area contributed by atoms with Gasteiger partial charge in [0.25, 0.3) is 11.5 Å². The van der Waals surface area contributed by atoms with E-state index in [9.17, 15) is 9.59 Å². The highest BCUT2D eigenvalue weighted by Gasteiger charge is 2.33. The Bertz CT molecular complexity index is 1510. The van der Waals surface area contributed by atoms with Gasteiger partial charge >= 0.3 is 0 Å². The van der Waals surface area contributed by atoms with Gasteiger partial charge in [-0.3, -0.25) is 14.2 Å². The highest BCUT2D eigenvalue weighted by atomic mass is 16.5. The van der Waals surface area contributed by atoms with E-state index in [2.05, 4.69) is 13.8 Å². The largest absolute Gasteiger partial charge is 0.497 e. The second-order valence-corrected chi connectivity index (χ2v) is 10.7. The van der Waals surface area contributed by atoms with Crippen molar-refractivity contribution in [2.45, 2.75) is 46.7 Å². The topological polar surface area (TPSA) is 90.4 Å². The summed E-state index contributed by atoms with van der Waals surface area (Å²) < 4.78 is 7.06. The van der Waals surface area contributed by atoms with Crippen molar-refractivity contribution in [3.05, 3.63) is 117 Å². The smallest absolute Gasteiger partial charge is 0.262 e. The van der Waals surface area contributed by atoms with Gasteiger partial charge < -0.3 is 15.4 Å². The van der Waals surface area contributed by atoms with Crippen molar-refractivity contribution >= 4 is 5.91 Å². The number of carbonyl (C=O) groups excluding carboxylic acids is 1. The molecule has 1 amide bonds. The lowest BCUT2D eigenvalue weighted by Crippen LogP contribution is -2.42. The fraction of sp³-hybridized carbons (Fsp3) is 0.324. The minimum atomic E-state index is -0.449. The number of nitrogens with two attached hydrogens (primary N) is 1. The third-order valence-electron chi connectivity index (χ3n) is 7.34. The summed E-state index contributed by atoms with van der Waals surface area (Å²) >= 11 is 0. The van der Waals surface area contributed by atoms with Gasteiger partial charge in [0.15, 0.2) is 0 Å². The Morgan fingerprint density at radius 1 is 0.976 bits per heavy atom. The van der Waals surface area contributed by atoms with Crippen LogP contribution in [0.2, 0.25) is 0 Å². The quantitative estimate of drug-likeness (QED) is 0.255. The predicted octanol–water partition coefficient (Wildman–Crippen LogP) is 5.77. The summed E-state index contributed by atoms with van der Waals surface area (Å²) in [6.07, 6.45) is 0.632. The maximum Gasteiger partial charge on any atom is 0.262 e. The van der Waals surface area contributed by atoms with Gasteiger partial charge in [0, 0.05) is 12.1 Å². The maximum absolute atomic E-state index is 14.4. The Kier molecular flexibility index (Phi) is 9.73. The Labute approximate surface area is 242 Å². The number of nitrogens with zero attached hydrogens (tertiary/aromatic N) is 3. The zero-order chi connectivity index (χ0) is 29.5. The SMILES string of the molecule is COc1ccc(-c2c(C)nc(C(C(C)C)N(CCCN)C(=O)c3ccc(C)cc3)n(Cc3ccccc3)c2=O)cc1. The molecule has 0 aliphatic carbocycles. The molecule has 1 aromatic heterocycles. The van der Waals surface area contributed by atoms with Gasteiger partial charge in [-0.15, -0.1) is 0 Å². The van der Waals surface area contributed by atoms with Crippen molar-refractivity contribution < 1.29 is 9.53 Å². The van der Waals surface area contributed by atoms with E-state index in [-0.39, 0.29) is 17.4 Å². The van der Waals surface area contributed by atoms with E-state index < -0.39 is 6.04 Å². The zero-order valence-electron chi connectivity index (χ0n) is 24.6. The van der Waals surface area contributed by atoms with Crippen molar-refractivity contribution in [1.29, 1.82) is 0 Å². The number of aryl methyl sites for hydroxylation is 2. The van der Waals surface area contributed by atoms with Crippen molar-refractivity contribution in [3.8, 4) is 16.9 Å². The first-order chi connectivity index (χ1) is 19.7. The molecule has 2 N–H and O–H groups in total. The van der Waals surface area contributed by atoms with E-state index >= 15 is 0 Å². The third-order valence-corrected chi connectivity index (χ3v) is 7.34. The molecule has 0 fully saturated rings. The van der Waals surface area contributed by atoms with Crippen LogP contribution in [0, 0.1) is 19.8 Å². The molecule has 3 aromatic carbocycles. The van der Waals surface area contributed by atoms with Gasteiger partial charge in [-0.2, -0.15) is 0 Å². The summed E-state index contributed by atoms with van der Waals surface area (Å²) in [5.41, 5.74) is 10.4. The van der Waals surface area contributed by atoms with Crippen LogP contribution in [-0.4, -0.2) is 40.6 Å². The van der Waals surface area contributed by atoms with Crippen LogP contribution >= 0.6 is 0 Å². The van der Waals surface area contributed by atoms with Gasteiger partial charge in [-0.1, -0.05) is 74.0 Å². The average molecular weight is 553 g/mol. The van der Waals surface area contributed by atoms with Crippen molar-refractivity contribution in [3.63, 3.8) is 0 Å². The Morgan fingerprint density at radius 3 is 2.22 bits per heavy atom. The van der Waals surface area contributed by atoms with Crippen LogP contribution in [-0.2, 0) is 6.54 Å². The lowest BCUT2D eigenvalue weighted by molar-refractivity contribution is 0.0602. The molecule has 0 saturated heterocycles. The van der Waals surface area contributed by atoms with Gasteiger partial charge in [-0.25, -0.2) is 4.98 Å². The first-order valence-corrected chi connectivity index (χ1v) is 14.1. The van der Waals surface area contributed by atoms with Crippen LogP contribution in [0.25, 0.3) is 11.1 Å². The van der Waals surface area contributed by atoms with E-state index in [4.69, 9.17) is 15.5 Å². The van der Waals surface area contributed by atoms with Crippen molar-refractivity contribution in [2.75, 3.05) is 20.2 Å². The van der Waals surface area contributed by atoms with Crippen LogP contribution in [0.5, 0.6) is 5.75 Å². The van der Waals surface area contributed by atoms with Crippen LogP contribution in [0.1, 0.15) is 59.3 Å². The van der Waals surface area contributed by atoms with Crippen molar-refractivity contribution in [2.24, 2.45) is 11.7 Å². The lowest BCUT2D eigenvalue weighted by Gasteiger charge is -2.36. The normalized spacial score (nSPS) is 11.9. The van der Waals surface area contributed by atoms with E-state index in [1.807, 2.05) is 97.6 Å². The summed E-state index contributed by atoms with van der Waals surface area (Å²) in [6.45, 7) is 9.22. The van der Waals surface area contributed by atoms with Gasteiger partial charge in [0.2, 0.25) is 0 Å². The van der Waals surface area contributed by atoms with E-state index in [1.54, 1.807) is 11.7 Å². The number of hydrogen-bond donors (Lipinski definition) is 1. The number of methoxy groups -OCH3 is 1. The molecule has 0 bridgehead atoms. The monoisotopic (exact) mass is 552 g/mol. The fourth-order valence-corrected chi connectivity index (χ4v) is 5.20. The lowest BCUT2D eigenvalue weighted by atomic mass is 9.97. The van der Waals surface area contributed by atoms with Crippen LogP contribution in [0.3, 0.4) is 0 Å². The number of rotatable bonds is 11. The molecule has 214 valence electrons. The highest BCUT2D eigenvalue weighted by Crippen LogP contribution is 2.31. The molecule has 1 heterocycles. The minimum Gasteiger partial charge on any atom is -0.497 e. The molecular weight excluding hydrogens is 512 g/mol. The number of hydrogen-bond acceptors (Lipinski definition) is 5. The molecular formula is C34H40N4O3. The third kappa shape index (κ3) is 6.74. The average Bonchev–Trinajstić information content (AvgIpc) is 2.97. The number of ether oxygens (including phenoxy) is 1. The molecule has 1 atom stereocenters. The summed E-state index contributed by atoms with van der Waals surface area (Å²) in [4.78, 5) is 35.3. The van der Waals surface area contributed by atoms with Crippen LogP contribution in [0.15, 0.2) is 83.7 Å². The number of benzene rings is 3. The van der Waals surface area contributed by atoms with Crippen molar-refractivity contribution in [1.82, 2.24) is 14.5 Å². The van der Waals surface area contributed by atoms with Crippen LogP contribution < -0.4 is 16.0 Å². The molecule has 0 spiro atoms. The molecule has 7 heteroatoms. The number of amides is 1. The maximum atomic E-state index is 14.4. The highest BCUT2D eigenvalue weighted by molar-refractivity contribution is 5.94. The molecule has 4 aromatic rings. The molecule has 1 unspecified atom stereocenters. The van der Waals surface area contributed by atoms with Gasteiger partial charge in [0.1, 0.15) is 11.6 Å². The van der Waals surface area contributed by atoms with E-state index in [0.717, 1.165) is 16.7 Å². The summed E-state index contributed by atoms with van der Waals surface area (Å²) in [6, 6.07) is 24.5. The summed E-state index contributed by atoms with van der Waals surface area (Å²) in [7, 11) is 1.61.